The standard InChI is InChI=1S/C32H44FN3O6/c1-32(2,40-4)28-17-25-20(19-42-28)14-21(33)15-26(25)29(31(37)38)36-12-10-23(18-36)41-13-6-5-8-22-16-27(39-3)24-9-7-11-34-30(24)35-22/h14-16,23,28-29H,5-13,17-19H2,1-4H3,(H,34,35)(H,37,38)/t23-,28?,29+/m1/s1. The van der Waals surface area contributed by atoms with Crippen LogP contribution in [-0.4, -0.2) is 79.2 Å². The molecule has 0 bridgehead atoms. The summed E-state index contributed by atoms with van der Waals surface area (Å²) in [6.45, 7) is 6.70. The van der Waals surface area contributed by atoms with Gasteiger partial charge in [-0.3, -0.25) is 9.69 Å². The molecule has 0 spiro atoms. The summed E-state index contributed by atoms with van der Waals surface area (Å²) in [7, 11) is 3.34. The van der Waals surface area contributed by atoms with Crippen LogP contribution in [0.15, 0.2) is 18.2 Å². The number of ether oxygens (including phenoxy) is 4. The molecule has 0 saturated carbocycles. The topological polar surface area (TPSA) is 102 Å². The summed E-state index contributed by atoms with van der Waals surface area (Å²) in [6.07, 6.45) is 5.57. The van der Waals surface area contributed by atoms with Crippen molar-refractivity contribution in [2.75, 3.05) is 45.8 Å². The lowest BCUT2D eigenvalue weighted by Gasteiger charge is -2.38. The summed E-state index contributed by atoms with van der Waals surface area (Å²) < 4.78 is 38.1. The summed E-state index contributed by atoms with van der Waals surface area (Å²) >= 11 is 0. The molecule has 0 amide bonds. The molecule has 3 aliphatic heterocycles. The van der Waals surface area contributed by atoms with Crippen LogP contribution in [0.4, 0.5) is 10.2 Å². The number of aliphatic carboxylic acids is 1. The number of halogens is 1. The van der Waals surface area contributed by atoms with E-state index in [1.54, 1.807) is 14.2 Å². The maximum absolute atomic E-state index is 14.7. The minimum absolute atomic E-state index is 0.0640. The second-order valence-electron chi connectivity index (χ2n) is 12.1. The number of fused-ring (bicyclic) bond motifs is 2. The average Bonchev–Trinajstić information content (AvgIpc) is 3.44. The third-order valence-electron chi connectivity index (χ3n) is 8.98. The molecule has 9 nitrogen and oxygen atoms in total. The number of aryl methyl sites for hydroxylation is 1. The summed E-state index contributed by atoms with van der Waals surface area (Å²) in [5.74, 6) is 0.412. The zero-order valence-corrected chi connectivity index (χ0v) is 25.2. The molecule has 4 heterocycles. The van der Waals surface area contributed by atoms with Gasteiger partial charge >= 0.3 is 5.97 Å². The molecule has 10 heteroatoms. The number of carboxylic acid groups (broad SMARTS) is 1. The molecule has 2 aromatic rings. The Balaban J connectivity index is 1.17. The third-order valence-corrected chi connectivity index (χ3v) is 8.98. The fraction of sp³-hybridized carbons (Fsp3) is 0.625. The Hall–Kier alpha value is -2.79. The lowest BCUT2D eigenvalue weighted by atomic mass is 9.85. The van der Waals surface area contributed by atoms with Crippen LogP contribution in [0.1, 0.15) is 73.5 Å². The number of aromatic nitrogens is 1. The van der Waals surface area contributed by atoms with Crippen molar-refractivity contribution in [3.63, 3.8) is 0 Å². The van der Waals surface area contributed by atoms with Crippen LogP contribution in [0.25, 0.3) is 0 Å². The molecule has 3 atom stereocenters. The molecule has 0 aliphatic carbocycles. The van der Waals surface area contributed by atoms with E-state index in [-0.39, 0.29) is 18.8 Å². The summed E-state index contributed by atoms with van der Waals surface area (Å²) in [5, 5.41) is 13.7. The smallest absolute Gasteiger partial charge is 0.325 e. The number of hydrogen-bond donors (Lipinski definition) is 2. The number of pyridine rings is 1. The second-order valence-corrected chi connectivity index (χ2v) is 12.1. The van der Waals surface area contributed by atoms with Gasteiger partial charge in [-0.2, -0.15) is 0 Å². The number of carboxylic acids is 1. The van der Waals surface area contributed by atoms with Crippen LogP contribution in [0, 0.1) is 5.82 Å². The maximum Gasteiger partial charge on any atom is 0.325 e. The van der Waals surface area contributed by atoms with E-state index >= 15 is 0 Å². The van der Waals surface area contributed by atoms with Gasteiger partial charge in [0.15, 0.2) is 0 Å². The molecule has 1 saturated heterocycles. The van der Waals surface area contributed by atoms with Crippen molar-refractivity contribution < 1.29 is 33.2 Å². The number of rotatable bonds is 12. The highest BCUT2D eigenvalue weighted by molar-refractivity contribution is 5.76. The van der Waals surface area contributed by atoms with Crippen LogP contribution in [0.3, 0.4) is 0 Å². The van der Waals surface area contributed by atoms with E-state index in [9.17, 15) is 14.3 Å². The third kappa shape index (κ3) is 6.72. The molecule has 1 fully saturated rings. The predicted octanol–water partition coefficient (Wildman–Crippen LogP) is 4.69. The number of unbranched alkanes of at least 4 members (excludes halogenated alkanes) is 1. The monoisotopic (exact) mass is 585 g/mol. The van der Waals surface area contributed by atoms with Crippen molar-refractivity contribution in [1.82, 2.24) is 9.88 Å². The van der Waals surface area contributed by atoms with Crippen LogP contribution in [0.2, 0.25) is 0 Å². The number of anilines is 1. The molecule has 1 aromatic carbocycles. The molecule has 2 N–H and O–H groups in total. The Morgan fingerprint density at radius 1 is 1.26 bits per heavy atom. The lowest BCUT2D eigenvalue weighted by molar-refractivity contribution is -0.143. The SMILES string of the molecule is COc1cc(CCCCO[C@@H]2CCN([C@H](C(=O)O)c3cc(F)cc4c3CC(C(C)(C)OC)OC4)C2)nc2c1CCCN2. The Morgan fingerprint density at radius 2 is 2.10 bits per heavy atom. The highest BCUT2D eigenvalue weighted by atomic mass is 19.1. The van der Waals surface area contributed by atoms with E-state index in [4.69, 9.17) is 23.9 Å². The first kappa shape index (κ1) is 30.7. The van der Waals surface area contributed by atoms with Gasteiger partial charge in [0.05, 0.1) is 31.5 Å². The molecule has 5 rings (SSSR count). The van der Waals surface area contributed by atoms with Crippen LogP contribution in [-0.2, 0) is 44.9 Å². The van der Waals surface area contributed by atoms with Gasteiger partial charge in [0, 0.05) is 57.1 Å². The van der Waals surface area contributed by atoms with Crippen molar-refractivity contribution in [2.24, 2.45) is 0 Å². The lowest BCUT2D eigenvalue weighted by Crippen LogP contribution is -2.44. The van der Waals surface area contributed by atoms with E-state index in [2.05, 4.69) is 5.32 Å². The van der Waals surface area contributed by atoms with Crippen molar-refractivity contribution >= 4 is 11.8 Å². The molecule has 1 aromatic heterocycles. The van der Waals surface area contributed by atoms with Crippen molar-refractivity contribution in [1.29, 1.82) is 0 Å². The van der Waals surface area contributed by atoms with Crippen LogP contribution in [0.5, 0.6) is 5.75 Å². The number of benzene rings is 1. The van der Waals surface area contributed by atoms with Gasteiger partial charge < -0.3 is 29.4 Å². The zero-order chi connectivity index (χ0) is 29.9. The van der Waals surface area contributed by atoms with Crippen LogP contribution >= 0.6 is 0 Å². The number of nitrogens with one attached hydrogen (secondary N) is 1. The van der Waals surface area contributed by atoms with Gasteiger partial charge in [0.2, 0.25) is 0 Å². The molecular formula is C32H44FN3O6. The molecule has 230 valence electrons. The summed E-state index contributed by atoms with van der Waals surface area (Å²) in [6, 6.07) is 3.93. The molecule has 0 radical (unpaired) electrons. The van der Waals surface area contributed by atoms with E-state index in [0.717, 1.165) is 73.5 Å². The first-order valence-electron chi connectivity index (χ1n) is 15.1. The van der Waals surface area contributed by atoms with Gasteiger partial charge in [0.1, 0.15) is 23.4 Å². The van der Waals surface area contributed by atoms with Crippen molar-refractivity contribution in [2.45, 2.75) is 89.3 Å². The van der Waals surface area contributed by atoms with Crippen molar-refractivity contribution in [3.05, 3.63) is 52.0 Å². The number of methoxy groups -OCH3 is 2. The largest absolute Gasteiger partial charge is 0.496 e. The minimum atomic E-state index is -0.986. The molecule has 1 unspecified atom stereocenters. The molecule has 3 aliphatic rings. The van der Waals surface area contributed by atoms with Gasteiger partial charge in [-0.1, -0.05) is 0 Å². The Morgan fingerprint density at radius 3 is 2.86 bits per heavy atom. The highest BCUT2D eigenvalue weighted by Crippen LogP contribution is 2.37. The first-order valence-corrected chi connectivity index (χ1v) is 15.1. The van der Waals surface area contributed by atoms with E-state index in [0.29, 0.717) is 37.2 Å². The zero-order valence-electron chi connectivity index (χ0n) is 25.2. The highest BCUT2D eigenvalue weighted by Gasteiger charge is 2.40. The Labute approximate surface area is 247 Å². The fourth-order valence-corrected chi connectivity index (χ4v) is 6.39. The number of hydrogen-bond acceptors (Lipinski definition) is 8. The number of nitrogens with zero attached hydrogens (tertiary/aromatic N) is 2. The average molecular weight is 586 g/mol. The number of likely N-dealkylation sites (tertiary alicyclic amines) is 1. The maximum atomic E-state index is 14.7. The number of carbonyl (C=O) groups is 1. The molecular weight excluding hydrogens is 541 g/mol. The Kier molecular flexibility index (Phi) is 9.67. The van der Waals surface area contributed by atoms with Gasteiger partial charge in [-0.05, 0) is 81.2 Å². The second kappa shape index (κ2) is 13.2. The van der Waals surface area contributed by atoms with Crippen LogP contribution < -0.4 is 10.1 Å². The first-order chi connectivity index (χ1) is 20.2. The normalized spacial score (nSPS) is 21.4. The van der Waals surface area contributed by atoms with Crippen molar-refractivity contribution in [3.8, 4) is 5.75 Å². The van der Waals surface area contributed by atoms with E-state index < -0.39 is 23.4 Å². The minimum Gasteiger partial charge on any atom is -0.496 e. The predicted molar refractivity (Wildman–Crippen MR) is 157 cm³/mol. The fourth-order valence-electron chi connectivity index (χ4n) is 6.39. The van der Waals surface area contributed by atoms with E-state index in [1.807, 2.05) is 24.8 Å². The van der Waals surface area contributed by atoms with E-state index in [1.165, 1.54) is 12.1 Å². The molecule has 42 heavy (non-hydrogen) atoms. The summed E-state index contributed by atoms with van der Waals surface area (Å²) in [5.41, 5.74) is 3.66. The van der Waals surface area contributed by atoms with Gasteiger partial charge in [-0.15, -0.1) is 0 Å². The summed E-state index contributed by atoms with van der Waals surface area (Å²) in [4.78, 5) is 19.3. The quantitative estimate of drug-likeness (QED) is 0.344. The Bertz CT molecular complexity index is 1250. The van der Waals surface area contributed by atoms with Gasteiger partial charge in [0.25, 0.3) is 0 Å². The van der Waals surface area contributed by atoms with Gasteiger partial charge in [-0.25, -0.2) is 9.37 Å².